The molecule has 2 rings (SSSR count). The summed E-state index contributed by atoms with van der Waals surface area (Å²) in [6.45, 7) is 4.84. The van der Waals surface area contributed by atoms with E-state index in [1.807, 2.05) is 5.38 Å². The second-order valence-electron chi connectivity index (χ2n) is 4.47. The minimum atomic E-state index is 0.0684. The first kappa shape index (κ1) is 11.5. The number of hydrogen-bond acceptors (Lipinski definition) is 4. The standard InChI is InChI=1S/C11H16N2O2S/c1-7(2)9-6-16-11(12-9)13-4-8(5-14)3-10(13)15/h6-8,14H,3-5H2,1-2H3. The second-order valence-corrected chi connectivity index (χ2v) is 5.30. The Hall–Kier alpha value is -0.940. The molecule has 0 radical (unpaired) electrons. The molecule has 1 aromatic heterocycles. The van der Waals surface area contributed by atoms with Crippen molar-refractivity contribution in [1.82, 2.24) is 4.98 Å². The predicted octanol–water partition coefficient (Wildman–Crippen LogP) is 1.61. The molecule has 1 aromatic rings. The van der Waals surface area contributed by atoms with E-state index in [-0.39, 0.29) is 18.4 Å². The number of aliphatic hydroxyl groups excluding tert-OH is 1. The van der Waals surface area contributed by atoms with Crippen molar-refractivity contribution in [3.05, 3.63) is 11.1 Å². The molecule has 1 unspecified atom stereocenters. The van der Waals surface area contributed by atoms with Crippen molar-refractivity contribution in [2.45, 2.75) is 26.2 Å². The average Bonchev–Trinajstić information content (AvgIpc) is 2.83. The van der Waals surface area contributed by atoms with Gasteiger partial charge in [0.2, 0.25) is 5.91 Å². The topological polar surface area (TPSA) is 53.4 Å². The first-order valence-electron chi connectivity index (χ1n) is 5.48. The third-order valence-corrected chi connectivity index (χ3v) is 3.68. The summed E-state index contributed by atoms with van der Waals surface area (Å²) in [5, 5.41) is 11.8. The van der Waals surface area contributed by atoms with Crippen LogP contribution in [0, 0.1) is 5.92 Å². The van der Waals surface area contributed by atoms with Crippen LogP contribution in [0.4, 0.5) is 5.13 Å². The average molecular weight is 240 g/mol. The van der Waals surface area contributed by atoms with Crippen molar-refractivity contribution in [1.29, 1.82) is 0 Å². The summed E-state index contributed by atoms with van der Waals surface area (Å²) in [6.07, 6.45) is 0.438. The number of thiazole rings is 1. The maximum Gasteiger partial charge on any atom is 0.229 e. The third kappa shape index (κ3) is 2.10. The summed E-state index contributed by atoms with van der Waals surface area (Å²) in [6, 6.07) is 0. The molecule has 1 saturated heterocycles. The van der Waals surface area contributed by atoms with Gasteiger partial charge in [-0.1, -0.05) is 13.8 Å². The Labute approximate surface area is 98.9 Å². The third-order valence-electron chi connectivity index (χ3n) is 2.80. The second kappa shape index (κ2) is 4.51. The number of aliphatic hydroxyl groups is 1. The van der Waals surface area contributed by atoms with Crippen LogP contribution < -0.4 is 4.90 Å². The number of aromatic nitrogens is 1. The minimum absolute atomic E-state index is 0.0684. The van der Waals surface area contributed by atoms with Gasteiger partial charge in [0.1, 0.15) is 0 Å². The predicted molar refractivity (Wildman–Crippen MR) is 63.7 cm³/mol. The number of anilines is 1. The van der Waals surface area contributed by atoms with Crippen molar-refractivity contribution in [2.24, 2.45) is 5.92 Å². The van der Waals surface area contributed by atoms with Crippen molar-refractivity contribution in [3.8, 4) is 0 Å². The smallest absolute Gasteiger partial charge is 0.229 e. The Kier molecular flexibility index (Phi) is 3.25. The highest BCUT2D eigenvalue weighted by molar-refractivity contribution is 7.14. The fourth-order valence-electron chi connectivity index (χ4n) is 1.75. The molecule has 0 aliphatic carbocycles. The normalized spacial score (nSPS) is 21.1. The molecule has 0 saturated carbocycles. The van der Waals surface area contributed by atoms with Crippen LogP contribution >= 0.6 is 11.3 Å². The molecule has 1 atom stereocenters. The van der Waals surface area contributed by atoms with E-state index in [0.29, 0.717) is 18.9 Å². The van der Waals surface area contributed by atoms with Crippen LogP contribution in [-0.4, -0.2) is 29.1 Å². The van der Waals surface area contributed by atoms with Gasteiger partial charge in [-0.05, 0) is 5.92 Å². The number of nitrogens with zero attached hydrogens (tertiary/aromatic N) is 2. The molecule has 16 heavy (non-hydrogen) atoms. The van der Waals surface area contributed by atoms with Gasteiger partial charge in [-0.25, -0.2) is 4.98 Å². The molecule has 2 heterocycles. The van der Waals surface area contributed by atoms with Gasteiger partial charge in [-0.2, -0.15) is 0 Å². The van der Waals surface area contributed by atoms with Crippen LogP contribution in [-0.2, 0) is 4.79 Å². The molecule has 1 N–H and O–H groups in total. The number of hydrogen-bond donors (Lipinski definition) is 1. The van der Waals surface area contributed by atoms with Gasteiger partial charge in [0, 0.05) is 30.9 Å². The SMILES string of the molecule is CC(C)c1csc(N2CC(CO)CC2=O)n1. The van der Waals surface area contributed by atoms with Crippen LogP contribution in [0.25, 0.3) is 0 Å². The molecular formula is C11H16N2O2S. The zero-order valence-corrected chi connectivity index (χ0v) is 10.3. The molecule has 1 aliphatic rings. The maximum absolute atomic E-state index is 11.7. The first-order valence-corrected chi connectivity index (χ1v) is 6.36. The summed E-state index contributed by atoms with van der Waals surface area (Å²) >= 11 is 1.50. The van der Waals surface area contributed by atoms with E-state index in [1.165, 1.54) is 11.3 Å². The van der Waals surface area contributed by atoms with Gasteiger partial charge < -0.3 is 5.11 Å². The highest BCUT2D eigenvalue weighted by Crippen LogP contribution is 2.29. The van der Waals surface area contributed by atoms with Gasteiger partial charge in [0.15, 0.2) is 5.13 Å². The highest BCUT2D eigenvalue weighted by Gasteiger charge is 2.31. The molecule has 4 nitrogen and oxygen atoms in total. The van der Waals surface area contributed by atoms with Crippen molar-refractivity contribution < 1.29 is 9.90 Å². The number of carbonyl (C=O) groups is 1. The van der Waals surface area contributed by atoms with Crippen LogP contribution in [0.3, 0.4) is 0 Å². The Morgan fingerprint density at radius 1 is 1.69 bits per heavy atom. The summed E-state index contributed by atoms with van der Waals surface area (Å²) in [5.41, 5.74) is 1.03. The molecule has 5 heteroatoms. The van der Waals surface area contributed by atoms with Crippen molar-refractivity contribution in [3.63, 3.8) is 0 Å². The van der Waals surface area contributed by atoms with Crippen LogP contribution in [0.15, 0.2) is 5.38 Å². The lowest BCUT2D eigenvalue weighted by Crippen LogP contribution is -2.24. The largest absolute Gasteiger partial charge is 0.396 e. The van der Waals surface area contributed by atoms with Gasteiger partial charge in [-0.15, -0.1) is 11.3 Å². The lowest BCUT2D eigenvalue weighted by molar-refractivity contribution is -0.117. The van der Waals surface area contributed by atoms with E-state index in [0.717, 1.165) is 10.8 Å². The van der Waals surface area contributed by atoms with E-state index in [2.05, 4.69) is 18.8 Å². The summed E-state index contributed by atoms with van der Waals surface area (Å²) in [4.78, 5) is 17.8. The Morgan fingerprint density at radius 2 is 2.44 bits per heavy atom. The molecule has 0 bridgehead atoms. The number of amides is 1. The number of rotatable bonds is 3. The van der Waals surface area contributed by atoms with Gasteiger partial charge >= 0.3 is 0 Å². The zero-order chi connectivity index (χ0) is 11.7. The fraction of sp³-hybridized carbons (Fsp3) is 0.636. The van der Waals surface area contributed by atoms with E-state index in [9.17, 15) is 4.79 Å². The Morgan fingerprint density at radius 3 is 2.94 bits per heavy atom. The first-order chi connectivity index (χ1) is 7.61. The summed E-state index contributed by atoms with van der Waals surface area (Å²) < 4.78 is 0. The lowest BCUT2D eigenvalue weighted by Gasteiger charge is -2.12. The Balaban J connectivity index is 2.15. The molecule has 0 aromatic carbocycles. The lowest BCUT2D eigenvalue weighted by atomic mass is 10.1. The molecule has 1 amide bonds. The summed E-state index contributed by atoms with van der Waals surface area (Å²) in [7, 11) is 0. The zero-order valence-electron chi connectivity index (χ0n) is 9.51. The molecule has 88 valence electrons. The van der Waals surface area contributed by atoms with Crippen LogP contribution in [0.1, 0.15) is 31.9 Å². The highest BCUT2D eigenvalue weighted by atomic mass is 32.1. The molecule has 1 aliphatic heterocycles. The number of carbonyl (C=O) groups excluding carboxylic acids is 1. The van der Waals surface area contributed by atoms with Gasteiger partial charge in [0.25, 0.3) is 0 Å². The minimum Gasteiger partial charge on any atom is -0.396 e. The molecular weight excluding hydrogens is 224 g/mol. The Bertz CT molecular complexity index is 389. The van der Waals surface area contributed by atoms with E-state index in [1.54, 1.807) is 4.90 Å². The van der Waals surface area contributed by atoms with Gasteiger partial charge in [-0.3, -0.25) is 9.69 Å². The maximum atomic E-state index is 11.7. The summed E-state index contributed by atoms with van der Waals surface area (Å²) in [5.74, 6) is 0.527. The van der Waals surface area contributed by atoms with Crippen LogP contribution in [0.5, 0.6) is 0 Å². The monoisotopic (exact) mass is 240 g/mol. The van der Waals surface area contributed by atoms with Crippen molar-refractivity contribution >= 4 is 22.4 Å². The van der Waals surface area contributed by atoms with Crippen molar-refractivity contribution in [2.75, 3.05) is 18.1 Å². The van der Waals surface area contributed by atoms with Gasteiger partial charge in [0.05, 0.1) is 5.69 Å². The van der Waals surface area contributed by atoms with E-state index < -0.39 is 0 Å². The quantitative estimate of drug-likeness (QED) is 0.873. The van der Waals surface area contributed by atoms with E-state index >= 15 is 0 Å². The molecule has 0 spiro atoms. The van der Waals surface area contributed by atoms with E-state index in [4.69, 9.17) is 5.11 Å². The molecule has 1 fully saturated rings. The fourth-order valence-corrected chi connectivity index (χ4v) is 2.77. The van der Waals surface area contributed by atoms with Crippen LogP contribution in [0.2, 0.25) is 0 Å².